The van der Waals surface area contributed by atoms with Crippen molar-refractivity contribution in [1.82, 2.24) is 4.90 Å². The van der Waals surface area contributed by atoms with E-state index in [0.717, 1.165) is 13.0 Å². The van der Waals surface area contributed by atoms with E-state index in [1.807, 2.05) is 18.7 Å². The van der Waals surface area contributed by atoms with Crippen LogP contribution in [0.15, 0.2) is 24.3 Å². The lowest BCUT2D eigenvalue weighted by molar-refractivity contribution is -0.118. The molecule has 0 bridgehead atoms. The summed E-state index contributed by atoms with van der Waals surface area (Å²) in [6.07, 6.45) is 0.963. The molecule has 1 aliphatic heterocycles. The SMILES string of the molecule is CC(C)C(=O)Nc1ccc(C(=O)N2CC(CN)CC2C)cc1. The Morgan fingerprint density at radius 2 is 1.95 bits per heavy atom. The van der Waals surface area contributed by atoms with Gasteiger partial charge >= 0.3 is 0 Å². The highest BCUT2D eigenvalue weighted by atomic mass is 16.2. The van der Waals surface area contributed by atoms with Crippen molar-refractivity contribution >= 4 is 17.5 Å². The molecule has 1 saturated heterocycles. The molecule has 1 fully saturated rings. The van der Waals surface area contributed by atoms with Gasteiger partial charge < -0.3 is 16.0 Å². The van der Waals surface area contributed by atoms with Crippen LogP contribution in [0, 0.1) is 11.8 Å². The fraction of sp³-hybridized carbons (Fsp3) is 0.529. The van der Waals surface area contributed by atoms with E-state index in [2.05, 4.69) is 12.2 Å². The average Bonchev–Trinajstić information content (AvgIpc) is 2.88. The third kappa shape index (κ3) is 3.65. The number of amides is 2. The highest BCUT2D eigenvalue weighted by molar-refractivity contribution is 5.96. The van der Waals surface area contributed by atoms with Crippen molar-refractivity contribution in [2.24, 2.45) is 17.6 Å². The van der Waals surface area contributed by atoms with Crippen molar-refractivity contribution in [3.05, 3.63) is 29.8 Å². The van der Waals surface area contributed by atoms with Gasteiger partial charge in [0.05, 0.1) is 0 Å². The van der Waals surface area contributed by atoms with Crippen molar-refractivity contribution < 1.29 is 9.59 Å². The molecule has 2 atom stereocenters. The first-order chi connectivity index (χ1) is 10.4. The number of likely N-dealkylation sites (tertiary alicyclic amines) is 1. The van der Waals surface area contributed by atoms with Crippen LogP contribution in [0.4, 0.5) is 5.69 Å². The van der Waals surface area contributed by atoms with Gasteiger partial charge in [-0.2, -0.15) is 0 Å². The second-order valence-corrected chi connectivity index (χ2v) is 6.37. The zero-order chi connectivity index (χ0) is 16.3. The van der Waals surface area contributed by atoms with Crippen LogP contribution >= 0.6 is 0 Å². The molecule has 2 unspecified atom stereocenters. The Balaban J connectivity index is 2.04. The Morgan fingerprint density at radius 3 is 2.45 bits per heavy atom. The van der Waals surface area contributed by atoms with Crippen LogP contribution in [-0.2, 0) is 4.79 Å². The summed E-state index contributed by atoms with van der Waals surface area (Å²) in [5.74, 6) is 0.326. The van der Waals surface area contributed by atoms with Crippen LogP contribution in [0.5, 0.6) is 0 Å². The molecule has 22 heavy (non-hydrogen) atoms. The van der Waals surface area contributed by atoms with E-state index in [-0.39, 0.29) is 23.8 Å². The standard InChI is InChI=1S/C17H25N3O2/c1-11(2)16(21)19-15-6-4-14(5-7-15)17(22)20-10-13(9-18)8-12(20)3/h4-7,11-13H,8-10,18H2,1-3H3,(H,19,21). The van der Waals surface area contributed by atoms with Crippen molar-refractivity contribution in [1.29, 1.82) is 0 Å². The molecule has 0 aromatic heterocycles. The number of benzene rings is 1. The highest BCUT2D eigenvalue weighted by Crippen LogP contribution is 2.24. The van der Waals surface area contributed by atoms with Crippen molar-refractivity contribution in [2.45, 2.75) is 33.2 Å². The van der Waals surface area contributed by atoms with E-state index < -0.39 is 0 Å². The number of nitrogens with one attached hydrogen (secondary N) is 1. The van der Waals surface area contributed by atoms with Crippen LogP contribution in [0.3, 0.4) is 0 Å². The van der Waals surface area contributed by atoms with Crippen LogP contribution in [0.25, 0.3) is 0 Å². The van der Waals surface area contributed by atoms with E-state index >= 15 is 0 Å². The zero-order valence-electron chi connectivity index (χ0n) is 13.5. The molecule has 2 amide bonds. The van der Waals surface area contributed by atoms with E-state index in [0.29, 0.717) is 23.7 Å². The van der Waals surface area contributed by atoms with Gasteiger partial charge in [0.25, 0.3) is 5.91 Å². The number of hydrogen-bond acceptors (Lipinski definition) is 3. The Labute approximate surface area is 131 Å². The second kappa shape index (κ2) is 6.92. The molecule has 1 aromatic rings. The van der Waals surface area contributed by atoms with E-state index in [1.165, 1.54) is 0 Å². The predicted octanol–water partition coefficient (Wildman–Crippen LogP) is 2.09. The molecule has 1 aromatic carbocycles. The first kappa shape index (κ1) is 16.5. The summed E-state index contributed by atoms with van der Waals surface area (Å²) in [6.45, 7) is 7.09. The van der Waals surface area contributed by atoms with Crippen LogP contribution < -0.4 is 11.1 Å². The summed E-state index contributed by atoms with van der Waals surface area (Å²) < 4.78 is 0. The summed E-state index contributed by atoms with van der Waals surface area (Å²) in [7, 11) is 0. The number of carbonyl (C=O) groups excluding carboxylic acids is 2. The Kier molecular flexibility index (Phi) is 5.19. The van der Waals surface area contributed by atoms with E-state index in [9.17, 15) is 9.59 Å². The summed E-state index contributed by atoms with van der Waals surface area (Å²) in [6, 6.07) is 7.30. The number of nitrogens with zero attached hydrogens (tertiary/aromatic N) is 1. The lowest BCUT2D eigenvalue weighted by Crippen LogP contribution is -2.34. The van der Waals surface area contributed by atoms with Gasteiger partial charge in [0.15, 0.2) is 0 Å². The molecule has 0 aliphatic carbocycles. The molecule has 1 aliphatic rings. The minimum Gasteiger partial charge on any atom is -0.336 e. The largest absolute Gasteiger partial charge is 0.336 e. The van der Waals surface area contributed by atoms with Gasteiger partial charge in [-0.05, 0) is 50.1 Å². The van der Waals surface area contributed by atoms with Gasteiger partial charge in [0.1, 0.15) is 0 Å². The topological polar surface area (TPSA) is 75.4 Å². The molecule has 0 saturated carbocycles. The zero-order valence-corrected chi connectivity index (χ0v) is 13.5. The maximum absolute atomic E-state index is 12.6. The molecule has 120 valence electrons. The van der Waals surface area contributed by atoms with Gasteiger partial charge in [-0.15, -0.1) is 0 Å². The maximum atomic E-state index is 12.6. The van der Waals surface area contributed by atoms with Gasteiger partial charge in [-0.1, -0.05) is 13.8 Å². The molecule has 3 N–H and O–H groups in total. The van der Waals surface area contributed by atoms with Gasteiger partial charge in [-0.25, -0.2) is 0 Å². The lowest BCUT2D eigenvalue weighted by Gasteiger charge is -2.21. The highest BCUT2D eigenvalue weighted by Gasteiger charge is 2.31. The summed E-state index contributed by atoms with van der Waals surface area (Å²) >= 11 is 0. The lowest BCUT2D eigenvalue weighted by atomic mass is 10.1. The third-order valence-corrected chi connectivity index (χ3v) is 4.18. The fourth-order valence-electron chi connectivity index (χ4n) is 2.74. The average molecular weight is 303 g/mol. The number of carbonyl (C=O) groups is 2. The maximum Gasteiger partial charge on any atom is 0.254 e. The predicted molar refractivity (Wildman–Crippen MR) is 87.6 cm³/mol. The first-order valence-electron chi connectivity index (χ1n) is 7.84. The minimum atomic E-state index is -0.0695. The number of anilines is 1. The van der Waals surface area contributed by atoms with Crippen LogP contribution in [0.1, 0.15) is 37.6 Å². The Hall–Kier alpha value is -1.88. The second-order valence-electron chi connectivity index (χ2n) is 6.37. The molecule has 5 heteroatoms. The quantitative estimate of drug-likeness (QED) is 0.894. The molecule has 0 spiro atoms. The van der Waals surface area contributed by atoms with Gasteiger partial charge in [0, 0.05) is 29.8 Å². The van der Waals surface area contributed by atoms with Crippen LogP contribution in [0.2, 0.25) is 0 Å². The van der Waals surface area contributed by atoms with Crippen LogP contribution in [-0.4, -0.2) is 35.8 Å². The van der Waals surface area contributed by atoms with Crippen molar-refractivity contribution in [3.8, 4) is 0 Å². The minimum absolute atomic E-state index is 0.0296. The summed E-state index contributed by atoms with van der Waals surface area (Å²) in [4.78, 5) is 26.1. The Morgan fingerprint density at radius 1 is 1.32 bits per heavy atom. The Bertz CT molecular complexity index is 539. The normalized spacial score (nSPS) is 21.2. The summed E-state index contributed by atoms with van der Waals surface area (Å²) in [5, 5.41) is 2.82. The molecule has 5 nitrogen and oxygen atoms in total. The third-order valence-electron chi connectivity index (χ3n) is 4.18. The van der Waals surface area contributed by atoms with Crippen molar-refractivity contribution in [2.75, 3.05) is 18.4 Å². The molecule has 0 radical (unpaired) electrons. The van der Waals surface area contributed by atoms with E-state index in [4.69, 9.17) is 5.73 Å². The molecule has 2 rings (SSSR count). The monoisotopic (exact) mass is 303 g/mol. The molecular formula is C17H25N3O2. The number of hydrogen-bond donors (Lipinski definition) is 2. The van der Waals surface area contributed by atoms with Gasteiger partial charge in [0.2, 0.25) is 5.91 Å². The smallest absolute Gasteiger partial charge is 0.254 e. The number of rotatable bonds is 4. The van der Waals surface area contributed by atoms with E-state index in [1.54, 1.807) is 24.3 Å². The summed E-state index contributed by atoms with van der Waals surface area (Å²) in [5.41, 5.74) is 7.07. The number of nitrogens with two attached hydrogens (primary N) is 1. The molecule has 1 heterocycles. The van der Waals surface area contributed by atoms with Crippen molar-refractivity contribution in [3.63, 3.8) is 0 Å². The fourth-order valence-corrected chi connectivity index (χ4v) is 2.74. The first-order valence-corrected chi connectivity index (χ1v) is 7.84. The molecular weight excluding hydrogens is 278 g/mol. The van der Waals surface area contributed by atoms with Gasteiger partial charge in [-0.3, -0.25) is 9.59 Å².